The van der Waals surface area contributed by atoms with Gasteiger partial charge in [-0.15, -0.1) is 0 Å². The minimum atomic E-state index is -0.994. The third kappa shape index (κ3) is 8.83. The Labute approximate surface area is 288 Å². The number of rotatable bonds is 13. The van der Waals surface area contributed by atoms with Gasteiger partial charge < -0.3 is 26.2 Å². The van der Waals surface area contributed by atoms with E-state index in [1.165, 1.54) is 18.6 Å². The molecule has 3 aliphatic carbocycles. The monoisotopic (exact) mass is 679 g/mol. The summed E-state index contributed by atoms with van der Waals surface area (Å²) in [7, 11) is 0. The van der Waals surface area contributed by atoms with Crippen LogP contribution in [0.15, 0.2) is 18.6 Å². The van der Waals surface area contributed by atoms with Crippen LogP contribution in [0.25, 0.3) is 0 Å². The first-order valence-electron chi connectivity index (χ1n) is 18.2. The molecule has 6 atom stereocenters. The Hall–Kier alpha value is -3.90. The molecule has 4 N–H and O–H groups in total. The second kappa shape index (κ2) is 15.8. The predicted octanol–water partition coefficient (Wildman–Crippen LogP) is 2.45. The number of amides is 5. The van der Waals surface area contributed by atoms with E-state index >= 15 is 0 Å². The second-order valence-electron chi connectivity index (χ2n) is 15.5. The van der Waals surface area contributed by atoms with Gasteiger partial charge in [-0.25, -0.2) is 4.98 Å². The Balaban J connectivity index is 1.36. The molecule has 5 amide bonds. The van der Waals surface area contributed by atoms with E-state index in [1.807, 2.05) is 27.7 Å². The van der Waals surface area contributed by atoms with Gasteiger partial charge in [0.2, 0.25) is 23.5 Å². The molecule has 1 aromatic rings. The molecule has 4 aliphatic rings. The number of aromatic nitrogens is 2. The maximum Gasteiger partial charge on any atom is 0.289 e. The molecule has 268 valence electrons. The van der Waals surface area contributed by atoms with E-state index < -0.39 is 59.0 Å². The molecule has 0 spiro atoms. The zero-order valence-corrected chi connectivity index (χ0v) is 29.3. The fourth-order valence-electron chi connectivity index (χ4n) is 7.87. The summed E-state index contributed by atoms with van der Waals surface area (Å²) in [6.07, 6.45) is 13.9. The van der Waals surface area contributed by atoms with Crippen molar-refractivity contribution < 1.29 is 28.8 Å². The molecule has 0 bridgehead atoms. The van der Waals surface area contributed by atoms with E-state index in [2.05, 4.69) is 31.2 Å². The average molecular weight is 680 g/mol. The van der Waals surface area contributed by atoms with Gasteiger partial charge in [0.1, 0.15) is 23.8 Å². The predicted molar refractivity (Wildman–Crippen MR) is 181 cm³/mol. The molecule has 5 rings (SSSR count). The van der Waals surface area contributed by atoms with Crippen molar-refractivity contribution in [1.82, 2.24) is 36.1 Å². The fraction of sp³-hybridized carbons (Fsp3) is 0.722. The van der Waals surface area contributed by atoms with Crippen molar-refractivity contribution in [2.45, 2.75) is 135 Å². The summed E-state index contributed by atoms with van der Waals surface area (Å²) < 4.78 is 0. The van der Waals surface area contributed by atoms with Crippen molar-refractivity contribution in [3.05, 3.63) is 24.3 Å². The Morgan fingerprint density at radius 3 is 2.27 bits per heavy atom. The number of hydrogen-bond acceptors (Lipinski definition) is 8. The third-order valence-corrected chi connectivity index (χ3v) is 10.7. The quantitative estimate of drug-likeness (QED) is 0.230. The minimum absolute atomic E-state index is 0.0132. The molecule has 2 heterocycles. The molecule has 4 fully saturated rings. The number of nitrogens with one attached hydrogen (secondary N) is 4. The molecule has 0 radical (unpaired) electrons. The number of fused-ring (bicyclic) bond motifs is 1. The first kappa shape index (κ1) is 36.4. The summed E-state index contributed by atoms with van der Waals surface area (Å²) >= 11 is 0. The SMILES string of the molecule is CCCC(NC(=O)[C@@H]1C2CCCC2CN1C(=O)[C@@H](NC(=O)C(NC(=O)c1cnccn1)C1CCCCC1)C(C)(C)C)C(=O)C(=O)NC1CC1. The van der Waals surface area contributed by atoms with Gasteiger partial charge in [0.05, 0.1) is 12.2 Å². The molecule has 13 heteroatoms. The molecule has 13 nitrogen and oxygen atoms in total. The summed E-state index contributed by atoms with van der Waals surface area (Å²) in [6.45, 7) is 7.85. The summed E-state index contributed by atoms with van der Waals surface area (Å²) in [5.41, 5.74) is -0.638. The number of carbonyl (C=O) groups is 6. The van der Waals surface area contributed by atoms with Crippen LogP contribution in [-0.4, -0.2) is 86.9 Å². The number of carbonyl (C=O) groups excluding carboxylic acids is 6. The van der Waals surface area contributed by atoms with Crippen molar-refractivity contribution in [2.75, 3.05) is 6.54 Å². The van der Waals surface area contributed by atoms with Gasteiger partial charge in [0.15, 0.2) is 0 Å². The molecule has 1 aliphatic heterocycles. The van der Waals surface area contributed by atoms with Gasteiger partial charge in [-0.05, 0) is 68.1 Å². The highest BCUT2D eigenvalue weighted by atomic mass is 16.2. The zero-order valence-electron chi connectivity index (χ0n) is 29.3. The smallest absolute Gasteiger partial charge is 0.289 e. The topological polar surface area (TPSA) is 180 Å². The molecule has 49 heavy (non-hydrogen) atoms. The van der Waals surface area contributed by atoms with Crippen molar-refractivity contribution >= 4 is 35.3 Å². The lowest BCUT2D eigenvalue weighted by Crippen LogP contribution is -2.62. The van der Waals surface area contributed by atoms with Crippen molar-refractivity contribution in [3.8, 4) is 0 Å². The van der Waals surface area contributed by atoms with E-state index in [0.29, 0.717) is 19.4 Å². The van der Waals surface area contributed by atoms with E-state index in [1.54, 1.807) is 4.90 Å². The van der Waals surface area contributed by atoms with Gasteiger partial charge in [-0.3, -0.25) is 33.8 Å². The van der Waals surface area contributed by atoms with Gasteiger partial charge in [-0.1, -0.05) is 59.8 Å². The van der Waals surface area contributed by atoms with Crippen LogP contribution in [-0.2, 0) is 24.0 Å². The summed E-state index contributed by atoms with van der Waals surface area (Å²) in [5, 5.41) is 11.5. The van der Waals surface area contributed by atoms with Crippen molar-refractivity contribution in [2.24, 2.45) is 23.2 Å². The second-order valence-corrected chi connectivity index (χ2v) is 15.5. The fourth-order valence-corrected chi connectivity index (χ4v) is 7.87. The van der Waals surface area contributed by atoms with Crippen LogP contribution in [0.2, 0.25) is 0 Å². The number of likely N-dealkylation sites (tertiary alicyclic amines) is 1. The first-order valence-corrected chi connectivity index (χ1v) is 18.2. The van der Waals surface area contributed by atoms with Crippen molar-refractivity contribution in [3.63, 3.8) is 0 Å². The highest BCUT2D eigenvalue weighted by molar-refractivity contribution is 6.38. The van der Waals surface area contributed by atoms with Crippen LogP contribution in [0.4, 0.5) is 0 Å². The highest BCUT2D eigenvalue weighted by Gasteiger charge is 2.52. The standard InChI is InChI=1S/C36H53N7O6/c1-5-10-25(29(44)34(48)39-23-15-16-23)40-33(47)28-24-14-9-13-22(24)20-43(28)35(49)30(36(2,3)4)42-32(46)27(21-11-7-6-8-12-21)41-31(45)26-19-37-17-18-38-26/h17-19,21-25,27-28,30H,5-16,20H2,1-4H3,(H,39,48)(H,40,47)(H,41,45)(H,42,46)/t22?,24?,25?,27?,28-,30+/m0/s1. The molecule has 3 saturated carbocycles. The highest BCUT2D eigenvalue weighted by Crippen LogP contribution is 2.43. The number of Topliss-reactive ketones (excluding diaryl/α,β-unsaturated/α-hetero) is 1. The summed E-state index contributed by atoms with van der Waals surface area (Å²) in [6, 6.07) is -3.68. The van der Waals surface area contributed by atoms with Gasteiger partial charge in [-0.2, -0.15) is 0 Å². The lowest BCUT2D eigenvalue weighted by Gasteiger charge is -2.38. The van der Waals surface area contributed by atoms with Gasteiger partial charge >= 0.3 is 0 Å². The molecule has 1 aromatic heterocycles. The number of ketones is 1. The van der Waals surface area contributed by atoms with Gasteiger partial charge in [0, 0.05) is 25.0 Å². The largest absolute Gasteiger partial charge is 0.347 e. The Morgan fingerprint density at radius 1 is 0.898 bits per heavy atom. The Kier molecular flexibility index (Phi) is 11.7. The number of nitrogens with zero attached hydrogens (tertiary/aromatic N) is 3. The zero-order chi connectivity index (χ0) is 35.3. The van der Waals surface area contributed by atoms with E-state index in [0.717, 1.165) is 64.2 Å². The molecular formula is C36H53N7O6. The third-order valence-electron chi connectivity index (χ3n) is 10.7. The molecule has 0 aromatic carbocycles. The molecular weight excluding hydrogens is 626 g/mol. The van der Waals surface area contributed by atoms with E-state index in [9.17, 15) is 28.8 Å². The lowest BCUT2D eigenvalue weighted by atomic mass is 9.82. The maximum atomic E-state index is 14.6. The Morgan fingerprint density at radius 2 is 1.63 bits per heavy atom. The van der Waals surface area contributed by atoms with Crippen LogP contribution in [0, 0.1) is 23.2 Å². The number of hydrogen-bond donors (Lipinski definition) is 4. The van der Waals surface area contributed by atoms with Crippen LogP contribution >= 0.6 is 0 Å². The van der Waals surface area contributed by atoms with Crippen LogP contribution in [0.1, 0.15) is 115 Å². The van der Waals surface area contributed by atoms with Crippen molar-refractivity contribution in [1.29, 1.82) is 0 Å². The van der Waals surface area contributed by atoms with Crippen LogP contribution in [0.5, 0.6) is 0 Å². The molecule has 1 saturated heterocycles. The first-order chi connectivity index (χ1) is 23.4. The summed E-state index contributed by atoms with van der Waals surface area (Å²) in [5.74, 6) is -3.20. The average Bonchev–Trinajstić information content (AvgIpc) is 3.65. The normalized spacial score (nSPS) is 24.2. The lowest BCUT2D eigenvalue weighted by molar-refractivity contribution is -0.146. The molecule has 4 unspecified atom stereocenters. The summed E-state index contributed by atoms with van der Waals surface area (Å²) in [4.78, 5) is 91.4. The van der Waals surface area contributed by atoms with Crippen LogP contribution < -0.4 is 21.3 Å². The van der Waals surface area contributed by atoms with E-state index in [-0.39, 0.29) is 35.4 Å². The maximum absolute atomic E-state index is 14.6. The Bertz CT molecular complexity index is 1390. The van der Waals surface area contributed by atoms with Crippen LogP contribution in [0.3, 0.4) is 0 Å². The minimum Gasteiger partial charge on any atom is -0.347 e. The van der Waals surface area contributed by atoms with E-state index in [4.69, 9.17) is 0 Å². The van der Waals surface area contributed by atoms with Gasteiger partial charge in [0.25, 0.3) is 11.8 Å².